The highest BCUT2D eigenvalue weighted by Crippen LogP contribution is 1.99. The fourth-order valence-corrected chi connectivity index (χ4v) is 0.979. The quantitative estimate of drug-likeness (QED) is 0.390. The van der Waals surface area contributed by atoms with Crippen LogP contribution in [0.25, 0.3) is 0 Å². The third-order valence-electron chi connectivity index (χ3n) is 1.78. The molecule has 0 aromatic heterocycles. The molecule has 0 saturated heterocycles. The SMILES string of the molecule is CCCCCCOCCCC.N=C=O.N=C=O. The Balaban J connectivity index is -0.000000273. The second kappa shape index (κ2) is 29.3. The molecule has 0 fully saturated rings. The van der Waals surface area contributed by atoms with Crippen molar-refractivity contribution < 1.29 is 14.3 Å². The summed E-state index contributed by atoms with van der Waals surface area (Å²) in [4.78, 5) is 16.7. The molecule has 0 heterocycles. The van der Waals surface area contributed by atoms with Crippen LogP contribution in [0.15, 0.2) is 0 Å². The molecular weight excluding hydrogens is 220 g/mol. The standard InChI is InChI=1S/C10H22O.2CHNO/c1-3-5-7-8-10-11-9-6-4-2;2*2-1-3/h3-10H2,1-2H3;2*2H. The smallest absolute Gasteiger partial charge is 0.231 e. The summed E-state index contributed by atoms with van der Waals surface area (Å²) < 4.78 is 5.42. The highest BCUT2D eigenvalue weighted by Gasteiger charge is 1.88. The molecule has 0 saturated carbocycles. The normalized spacial score (nSPS) is 7.65. The second-order valence-corrected chi connectivity index (χ2v) is 3.23. The van der Waals surface area contributed by atoms with Gasteiger partial charge in [0, 0.05) is 13.2 Å². The number of hydrogen-bond donors (Lipinski definition) is 2. The molecule has 0 atom stereocenters. The molecule has 5 heteroatoms. The van der Waals surface area contributed by atoms with E-state index >= 15 is 0 Å². The predicted molar refractivity (Wildman–Crippen MR) is 66.7 cm³/mol. The molecule has 0 radical (unpaired) electrons. The largest absolute Gasteiger partial charge is 0.381 e. The van der Waals surface area contributed by atoms with Gasteiger partial charge in [0.15, 0.2) is 0 Å². The van der Waals surface area contributed by atoms with E-state index in [1.165, 1.54) is 38.5 Å². The Labute approximate surface area is 104 Å². The van der Waals surface area contributed by atoms with Crippen LogP contribution in [0.5, 0.6) is 0 Å². The Hall–Kier alpha value is -1.28. The molecule has 0 rings (SSSR count). The van der Waals surface area contributed by atoms with Crippen LogP contribution in [0.2, 0.25) is 0 Å². The van der Waals surface area contributed by atoms with E-state index in [-0.39, 0.29) is 0 Å². The van der Waals surface area contributed by atoms with Crippen molar-refractivity contribution in [1.82, 2.24) is 0 Å². The average Bonchev–Trinajstić information content (AvgIpc) is 2.30. The Bertz CT molecular complexity index is 164. The van der Waals surface area contributed by atoms with Crippen LogP contribution in [0.1, 0.15) is 52.4 Å². The van der Waals surface area contributed by atoms with E-state index in [0.29, 0.717) is 0 Å². The molecular formula is C12H24N2O3. The molecule has 2 N–H and O–H groups in total. The van der Waals surface area contributed by atoms with Crippen molar-refractivity contribution in [3.05, 3.63) is 0 Å². The molecule has 0 aliphatic carbocycles. The zero-order chi connectivity index (χ0) is 13.8. The van der Waals surface area contributed by atoms with Gasteiger partial charge in [-0.2, -0.15) is 0 Å². The maximum atomic E-state index is 8.35. The molecule has 0 spiro atoms. The van der Waals surface area contributed by atoms with Gasteiger partial charge in [0.25, 0.3) is 0 Å². The minimum Gasteiger partial charge on any atom is -0.381 e. The third kappa shape index (κ3) is 52.7. The lowest BCUT2D eigenvalue weighted by Crippen LogP contribution is -1.96. The minimum absolute atomic E-state index is 0.750. The van der Waals surface area contributed by atoms with E-state index in [1.807, 2.05) is 0 Å². The van der Waals surface area contributed by atoms with E-state index in [2.05, 4.69) is 13.8 Å². The number of isocyanates is 2. The van der Waals surface area contributed by atoms with Crippen molar-refractivity contribution >= 4 is 12.2 Å². The van der Waals surface area contributed by atoms with Crippen LogP contribution >= 0.6 is 0 Å². The summed E-state index contributed by atoms with van der Waals surface area (Å²) in [5.41, 5.74) is 0. The second-order valence-electron chi connectivity index (χ2n) is 3.23. The van der Waals surface area contributed by atoms with E-state index in [9.17, 15) is 0 Å². The topological polar surface area (TPSA) is 91.1 Å². The van der Waals surface area contributed by atoms with Gasteiger partial charge in [-0.25, -0.2) is 20.4 Å². The van der Waals surface area contributed by atoms with E-state index in [1.54, 1.807) is 0 Å². The third-order valence-corrected chi connectivity index (χ3v) is 1.78. The van der Waals surface area contributed by atoms with E-state index < -0.39 is 0 Å². The zero-order valence-corrected chi connectivity index (χ0v) is 10.9. The summed E-state index contributed by atoms with van der Waals surface area (Å²) in [5, 5.41) is 10.8. The van der Waals surface area contributed by atoms with Crippen LogP contribution < -0.4 is 0 Å². The number of unbranched alkanes of at least 4 members (excludes halogenated alkanes) is 4. The van der Waals surface area contributed by atoms with Gasteiger partial charge in [-0.05, 0) is 12.8 Å². The van der Waals surface area contributed by atoms with Crippen molar-refractivity contribution in [3.63, 3.8) is 0 Å². The number of hydrogen-bond acceptors (Lipinski definition) is 5. The predicted octanol–water partition coefficient (Wildman–Crippen LogP) is 3.19. The Morgan fingerprint density at radius 2 is 1.24 bits per heavy atom. The summed E-state index contributed by atoms with van der Waals surface area (Å²) in [6.45, 7) is 6.36. The van der Waals surface area contributed by atoms with Crippen LogP contribution in [-0.2, 0) is 14.3 Å². The van der Waals surface area contributed by atoms with Gasteiger partial charge in [0.05, 0.1) is 0 Å². The van der Waals surface area contributed by atoms with Gasteiger partial charge < -0.3 is 4.74 Å². The summed E-state index contributed by atoms with van der Waals surface area (Å²) in [6.07, 6.45) is 9.22. The lowest BCUT2D eigenvalue weighted by molar-refractivity contribution is 0.127. The molecule has 0 aliphatic rings. The van der Waals surface area contributed by atoms with Crippen molar-refractivity contribution in [1.29, 1.82) is 10.8 Å². The number of ether oxygens (including phenoxy) is 1. The molecule has 0 amide bonds. The average molecular weight is 244 g/mol. The minimum atomic E-state index is 0.750. The molecule has 0 bridgehead atoms. The molecule has 100 valence electrons. The van der Waals surface area contributed by atoms with Gasteiger partial charge in [0.2, 0.25) is 12.2 Å². The maximum absolute atomic E-state index is 8.35. The Morgan fingerprint density at radius 3 is 1.65 bits per heavy atom. The highest BCUT2D eigenvalue weighted by atomic mass is 16.5. The maximum Gasteiger partial charge on any atom is 0.231 e. The highest BCUT2D eigenvalue weighted by molar-refractivity contribution is 5.26. The van der Waals surface area contributed by atoms with Gasteiger partial charge in [-0.3, -0.25) is 0 Å². The van der Waals surface area contributed by atoms with E-state index in [0.717, 1.165) is 25.4 Å². The Kier molecular flexibility index (Phi) is 36.3. The summed E-state index contributed by atoms with van der Waals surface area (Å²) in [7, 11) is 0. The van der Waals surface area contributed by atoms with Gasteiger partial charge in [0.1, 0.15) is 0 Å². The molecule has 0 aromatic carbocycles. The monoisotopic (exact) mass is 244 g/mol. The van der Waals surface area contributed by atoms with Gasteiger partial charge >= 0.3 is 0 Å². The van der Waals surface area contributed by atoms with Crippen LogP contribution in [0.4, 0.5) is 0 Å². The lowest BCUT2D eigenvalue weighted by Gasteiger charge is -2.01. The molecule has 0 aromatic rings. The lowest BCUT2D eigenvalue weighted by atomic mass is 10.2. The van der Waals surface area contributed by atoms with Gasteiger partial charge in [-0.15, -0.1) is 0 Å². The van der Waals surface area contributed by atoms with Crippen molar-refractivity contribution in [2.24, 2.45) is 0 Å². The molecule has 5 nitrogen and oxygen atoms in total. The molecule has 0 aliphatic heterocycles. The van der Waals surface area contributed by atoms with Crippen molar-refractivity contribution in [3.8, 4) is 0 Å². The summed E-state index contributed by atoms with van der Waals surface area (Å²) in [5.74, 6) is 0. The first kappa shape index (κ1) is 21.1. The van der Waals surface area contributed by atoms with Gasteiger partial charge in [-0.1, -0.05) is 39.5 Å². The summed E-state index contributed by atoms with van der Waals surface area (Å²) >= 11 is 0. The van der Waals surface area contributed by atoms with Crippen LogP contribution in [0.3, 0.4) is 0 Å². The zero-order valence-electron chi connectivity index (χ0n) is 10.9. The first-order valence-electron chi connectivity index (χ1n) is 5.90. The van der Waals surface area contributed by atoms with Crippen LogP contribution in [0, 0.1) is 10.8 Å². The summed E-state index contributed by atoms with van der Waals surface area (Å²) in [6, 6.07) is 0. The fraction of sp³-hybridized carbons (Fsp3) is 0.833. The fourth-order valence-electron chi connectivity index (χ4n) is 0.979. The van der Waals surface area contributed by atoms with Crippen LogP contribution in [-0.4, -0.2) is 25.4 Å². The molecule has 17 heavy (non-hydrogen) atoms. The number of nitrogens with one attached hydrogen (secondary N) is 2. The number of carbonyl (C=O) groups excluding carboxylic acids is 2. The van der Waals surface area contributed by atoms with E-state index in [4.69, 9.17) is 25.1 Å². The first-order valence-corrected chi connectivity index (χ1v) is 5.90. The van der Waals surface area contributed by atoms with Crippen molar-refractivity contribution in [2.45, 2.75) is 52.4 Å². The first-order chi connectivity index (χ1) is 8.24. The number of rotatable bonds is 8. The Morgan fingerprint density at radius 1 is 0.824 bits per heavy atom. The van der Waals surface area contributed by atoms with Crippen molar-refractivity contribution in [2.75, 3.05) is 13.2 Å². The molecule has 0 unspecified atom stereocenters.